The van der Waals surface area contributed by atoms with Gasteiger partial charge < -0.3 is 9.82 Å². The SMILES string of the molecule is N#Cc1c(C(=O)ON2C(=O)c3ccccc3C2=O)[nH]c2ccccc12. The highest BCUT2D eigenvalue weighted by atomic mass is 16.7. The Labute approximate surface area is 141 Å². The third-order valence-electron chi connectivity index (χ3n) is 3.95. The van der Waals surface area contributed by atoms with Crippen LogP contribution in [0.1, 0.15) is 36.8 Å². The maximum absolute atomic E-state index is 12.4. The van der Waals surface area contributed by atoms with Crippen LogP contribution in [0, 0.1) is 11.3 Å². The molecule has 25 heavy (non-hydrogen) atoms. The van der Waals surface area contributed by atoms with E-state index in [-0.39, 0.29) is 22.4 Å². The number of nitriles is 1. The van der Waals surface area contributed by atoms with Crippen LogP contribution < -0.4 is 0 Å². The van der Waals surface area contributed by atoms with E-state index in [4.69, 9.17) is 4.84 Å². The minimum absolute atomic E-state index is 0.0946. The fourth-order valence-corrected chi connectivity index (χ4v) is 2.79. The third-order valence-corrected chi connectivity index (χ3v) is 3.95. The van der Waals surface area contributed by atoms with Crippen molar-refractivity contribution in [3.63, 3.8) is 0 Å². The van der Waals surface area contributed by atoms with Crippen molar-refractivity contribution < 1.29 is 19.2 Å². The highest BCUT2D eigenvalue weighted by molar-refractivity contribution is 6.21. The molecule has 4 rings (SSSR count). The second kappa shape index (κ2) is 5.32. The van der Waals surface area contributed by atoms with Gasteiger partial charge in [0.05, 0.1) is 16.7 Å². The van der Waals surface area contributed by atoms with Gasteiger partial charge in [-0.2, -0.15) is 5.26 Å². The number of para-hydroxylation sites is 1. The maximum Gasteiger partial charge on any atom is 0.381 e. The Morgan fingerprint density at radius 3 is 2.24 bits per heavy atom. The summed E-state index contributed by atoms with van der Waals surface area (Å²) in [7, 11) is 0. The molecule has 0 atom stereocenters. The van der Waals surface area contributed by atoms with Crippen molar-refractivity contribution in [2.24, 2.45) is 0 Å². The Balaban J connectivity index is 1.69. The van der Waals surface area contributed by atoms with E-state index in [2.05, 4.69) is 4.98 Å². The zero-order valence-corrected chi connectivity index (χ0v) is 12.6. The molecule has 7 nitrogen and oxygen atoms in total. The molecule has 7 heteroatoms. The average Bonchev–Trinajstić information content (AvgIpc) is 3.13. The van der Waals surface area contributed by atoms with E-state index in [0.717, 1.165) is 0 Å². The van der Waals surface area contributed by atoms with Crippen LogP contribution >= 0.6 is 0 Å². The van der Waals surface area contributed by atoms with Gasteiger partial charge in [-0.15, -0.1) is 0 Å². The number of aromatic amines is 1. The first-order chi connectivity index (χ1) is 12.1. The van der Waals surface area contributed by atoms with E-state index >= 15 is 0 Å². The number of rotatable bonds is 2. The molecule has 0 radical (unpaired) electrons. The zero-order valence-electron chi connectivity index (χ0n) is 12.6. The van der Waals surface area contributed by atoms with Gasteiger partial charge in [0.2, 0.25) is 0 Å². The number of H-pyrrole nitrogens is 1. The van der Waals surface area contributed by atoms with Crippen LogP contribution in [0.3, 0.4) is 0 Å². The van der Waals surface area contributed by atoms with Crippen LogP contribution in [0.5, 0.6) is 0 Å². The summed E-state index contributed by atoms with van der Waals surface area (Å²) in [6.07, 6.45) is 0. The van der Waals surface area contributed by atoms with Crippen LogP contribution in [-0.4, -0.2) is 27.8 Å². The molecule has 1 aromatic heterocycles. The van der Waals surface area contributed by atoms with Gasteiger partial charge in [-0.1, -0.05) is 35.4 Å². The van der Waals surface area contributed by atoms with Crippen LogP contribution in [0.25, 0.3) is 10.9 Å². The molecule has 2 aromatic carbocycles. The molecular weight excluding hydrogens is 322 g/mol. The minimum atomic E-state index is -0.984. The van der Waals surface area contributed by atoms with E-state index in [9.17, 15) is 19.6 Å². The summed E-state index contributed by atoms with van der Waals surface area (Å²) in [6.45, 7) is 0. The largest absolute Gasteiger partial charge is 0.381 e. The molecule has 3 aromatic rings. The normalized spacial score (nSPS) is 13.0. The van der Waals surface area contributed by atoms with Crippen LogP contribution in [0.4, 0.5) is 0 Å². The number of hydrogen-bond donors (Lipinski definition) is 1. The summed E-state index contributed by atoms with van der Waals surface area (Å²) in [4.78, 5) is 44.7. The van der Waals surface area contributed by atoms with Crippen LogP contribution in [0.2, 0.25) is 0 Å². The number of hydrogen-bond acceptors (Lipinski definition) is 5. The molecule has 0 bridgehead atoms. The summed E-state index contributed by atoms with van der Waals surface area (Å²) in [5.74, 6) is -2.42. The topological polar surface area (TPSA) is 103 Å². The predicted octanol–water partition coefficient (Wildman–Crippen LogP) is 2.41. The predicted molar refractivity (Wildman–Crippen MR) is 85.4 cm³/mol. The fourth-order valence-electron chi connectivity index (χ4n) is 2.79. The van der Waals surface area contributed by atoms with Gasteiger partial charge in [0.1, 0.15) is 11.8 Å². The van der Waals surface area contributed by atoms with Crippen molar-refractivity contribution in [1.29, 1.82) is 5.26 Å². The van der Waals surface area contributed by atoms with Crippen molar-refractivity contribution in [3.8, 4) is 6.07 Å². The molecule has 2 amide bonds. The number of amides is 2. The summed E-state index contributed by atoms with van der Waals surface area (Å²) < 4.78 is 0. The number of carbonyl (C=O) groups excluding carboxylic acids is 3. The number of benzene rings is 2. The Bertz CT molecular complexity index is 1070. The number of carbonyl (C=O) groups is 3. The Morgan fingerprint density at radius 2 is 1.60 bits per heavy atom. The smallest absolute Gasteiger partial charge is 0.348 e. The maximum atomic E-state index is 12.4. The molecule has 1 aliphatic rings. The second-order valence-corrected chi connectivity index (χ2v) is 5.36. The number of nitrogens with zero attached hydrogens (tertiary/aromatic N) is 2. The average molecular weight is 331 g/mol. The van der Waals surface area contributed by atoms with E-state index in [0.29, 0.717) is 16.0 Å². The Hall–Kier alpha value is -3.92. The first-order valence-electron chi connectivity index (χ1n) is 7.32. The molecular formula is C18H9N3O4. The van der Waals surface area contributed by atoms with Crippen LogP contribution in [-0.2, 0) is 4.84 Å². The van der Waals surface area contributed by atoms with Crippen LogP contribution in [0.15, 0.2) is 48.5 Å². The first kappa shape index (κ1) is 14.7. The standard InChI is InChI=1S/C18H9N3O4/c19-9-13-10-5-3-4-8-14(10)20-15(13)18(24)25-21-16(22)11-6-1-2-7-12(11)17(21)23/h1-8,20H. The molecule has 0 unspecified atom stereocenters. The molecule has 120 valence electrons. The first-order valence-corrected chi connectivity index (χ1v) is 7.32. The lowest BCUT2D eigenvalue weighted by atomic mass is 10.1. The van der Waals surface area contributed by atoms with Crippen molar-refractivity contribution in [1.82, 2.24) is 10.0 Å². The number of imide groups is 1. The summed E-state index contributed by atoms with van der Waals surface area (Å²) in [5, 5.41) is 10.3. The minimum Gasteiger partial charge on any atom is -0.348 e. The Morgan fingerprint density at radius 1 is 1.00 bits per heavy atom. The summed E-state index contributed by atoms with van der Waals surface area (Å²) >= 11 is 0. The van der Waals surface area contributed by atoms with E-state index in [1.807, 2.05) is 6.07 Å². The van der Waals surface area contributed by atoms with Gasteiger partial charge in [0.15, 0.2) is 0 Å². The highest BCUT2D eigenvalue weighted by Gasteiger charge is 2.39. The van der Waals surface area contributed by atoms with Crippen molar-refractivity contribution in [2.45, 2.75) is 0 Å². The fraction of sp³-hybridized carbons (Fsp3) is 0. The monoisotopic (exact) mass is 331 g/mol. The molecule has 0 aliphatic carbocycles. The number of fused-ring (bicyclic) bond motifs is 2. The van der Waals surface area contributed by atoms with E-state index in [1.165, 1.54) is 12.1 Å². The molecule has 0 saturated heterocycles. The van der Waals surface area contributed by atoms with Gasteiger partial charge in [-0.05, 0) is 18.2 Å². The number of hydroxylamine groups is 2. The zero-order chi connectivity index (χ0) is 17.6. The van der Waals surface area contributed by atoms with Gasteiger partial charge in [0, 0.05) is 10.9 Å². The Kier molecular flexibility index (Phi) is 3.12. The van der Waals surface area contributed by atoms with E-state index < -0.39 is 17.8 Å². The number of nitrogens with one attached hydrogen (secondary N) is 1. The molecule has 1 aliphatic heterocycles. The molecule has 1 N–H and O–H groups in total. The quantitative estimate of drug-likeness (QED) is 0.726. The lowest BCUT2D eigenvalue weighted by molar-refractivity contribution is -0.0588. The lowest BCUT2D eigenvalue weighted by Gasteiger charge is -2.12. The highest BCUT2D eigenvalue weighted by Crippen LogP contribution is 2.26. The second-order valence-electron chi connectivity index (χ2n) is 5.36. The number of aromatic nitrogens is 1. The van der Waals surface area contributed by atoms with Gasteiger partial charge >= 0.3 is 5.97 Å². The summed E-state index contributed by atoms with van der Waals surface area (Å²) in [5.41, 5.74) is 0.890. The lowest BCUT2D eigenvalue weighted by Crippen LogP contribution is -2.33. The molecule has 0 spiro atoms. The van der Waals surface area contributed by atoms with Gasteiger partial charge in [-0.3, -0.25) is 9.59 Å². The molecule has 0 fully saturated rings. The van der Waals surface area contributed by atoms with E-state index in [1.54, 1.807) is 36.4 Å². The van der Waals surface area contributed by atoms with Gasteiger partial charge in [-0.25, -0.2) is 4.79 Å². The van der Waals surface area contributed by atoms with Gasteiger partial charge in [0.25, 0.3) is 11.8 Å². The summed E-state index contributed by atoms with van der Waals surface area (Å²) in [6, 6.07) is 15.0. The van der Waals surface area contributed by atoms with Crippen molar-refractivity contribution >= 4 is 28.7 Å². The third kappa shape index (κ3) is 2.09. The van der Waals surface area contributed by atoms with Crippen molar-refractivity contribution in [2.75, 3.05) is 0 Å². The van der Waals surface area contributed by atoms with Crippen molar-refractivity contribution in [3.05, 3.63) is 70.9 Å². The molecule has 0 saturated carbocycles. The molecule has 2 heterocycles.